The SMILES string of the molecule is Cc1ccc(S(=O)(=O)N2CCCCC2)cc1C(=O)NNC(=O)c1cn(C)c2ccccc12. The molecule has 1 aromatic heterocycles. The molecule has 1 saturated heterocycles. The van der Waals surface area contributed by atoms with Crippen molar-refractivity contribution in [2.24, 2.45) is 7.05 Å². The number of para-hydroxylation sites is 1. The second-order valence-corrected chi connectivity index (χ2v) is 9.96. The molecule has 32 heavy (non-hydrogen) atoms. The van der Waals surface area contributed by atoms with Crippen molar-refractivity contribution in [2.45, 2.75) is 31.1 Å². The fourth-order valence-electron chi connectivity index (χ4n) is 4.03. The van der Waals surface area contributed by atoms with Gasteiger partial charge in [0.05, 0.1) is 10.5 Å². The summed E-state index contributed by atoms with van der Waals surface area (Å²) in [5.74, 6) is -1.03. The highest BCUT2D eigenvalue weighted by Crippen LogP contribution is 2.23. The minimum atomic E-state index is -3.67. The zero-order valence-corrected chi connectivity index (χ0v) is 18.9. The minimum absolute atomic E-state index is 0.0792. The van der Waals surface area contributed by atoms with Crippen LogP contribution in [0.25, 0.3) is 10.9 Å². The fraction of sp³-hybridized carbons (Fsp3) is 0.304. The number of nitrogens with one attached hydrogen (secondary N) is 2. The monoisotopic (exact) mass is 454 g/mol. The third-order valence-electron chi connectivity index (χ3n) is 5.84. The van der Waals surface area contributed by atoms with Gasteiger partial charge in [0.2, 0.25) is 10.0 Å². The predicted octanol–water partition coefficient (Wildman–Crippen LogP) is 2.74. The Morgan fingerprint density at radius 2 is 1.56 bits per heavy atom. The molecule has 1 fully saturated rings. The Morgan fingerprint density at radius 3 is 2.28 bits per heavy atom. The van der Waals surface area contributed by atoms with Gasteiger partial charge in [-0.05, 0) is 43.5 Å². The summed E-state index contributed by atoms with van der Waals surface area (Å²) in [7, 11) is -1.82. The van der Waals surface area contributed by atoms with E-state index >= 15 is 0 Å². The van der Waals surface area contributed by atoms with Crippen LogP contribution in [-0.2, 0) is 17.1 Å². The first-order valence-electron chi connectivity index (χ1n) is 10.5. The van der Waals surface area contributed by atoms with E-state index < -0.39 is 21.8 Å². The Labute approximate surface area is 187 Å². The Hall–Kier alpha value is -3.17. The van der Waals surface area contributed by atoms with Crippen LogP contribution in [0.2, 0.25) is 0 Å². The zero-order valence-electron chi connectivity index (χ0n) is 18.1. The molecular weight excluding hydrogens is 428 g/mol. The van der Waals surface area contributed by atoms with E-state index in [1.54, 1.807) is 19.2 Å². The standard InChI is InChI=1S/C23H26N4O4S/c1-16-10-11-17(32(30,31)27-12-6-3-7-13-27)14-19(16)22(28)24-25-23(29)20-15-26(2)21-9-5-4-8-18(20)21/h4-5,8-11,14-15H,3,6-7,12-13H2,1-2H3,(H,24,28)(H,25,29). The van der Waals surface area contributed by atoms with Crippen molar-refractivity contribution in [2.75, 3.05) is 13.1 Å². The largest absolute Gasteiger partial charge is 0.350 e. The van der Waals surface area contributed by atoms with Crippen LogP contribution in [0.4, 0.5) is 0 Å². The van der Waals surface area contributed by atoms with Gasteiger partial charge in [0.1, 0.15) is 0 Å². The van der Waals surface area contributed by atoms with Crippen molar-refractivity contribution in [1.29, 1.82) is 0 Å². The van der Waals surface area contributed by atoms with E-state index in [2.05, 4.69) is 10.9 Å². The molecule has 0 unspecified atom stereocenters. The van der Waals surface area contributed by atoms with Gasteiger partial charge in [-0.15, -0.1) is 0 Å². The van der Waals surface area contributed by atoms with Crippen LogP contribution >= 0.6 is 0 Å². The molecule has 2 aromatic carbocycles. The van der Waals surface area contributed by atoms with Crippen molar-refractivity contribution in [1.82, 2.24) is 19.7 Å². The Bertz CT molecular complexity index is 1290. The second kappa shape index (κ2) is 8.76. The first-order valence-corrected chi connectivity index (χ1v) is 12.0. The Balaban J connectivity index is 1.52. The van der Waals surface area contributed by atoms with Crippen LogP contribution in [0, 0.1) is 6.92 Å². The number of carbonyl (C=O) groups is 2. The average molecular weight is 455 g/mol. The molecular formula is C23H26N4O4S. The molecule has 1 aliphatic rings. The lowest BCUT2D eigenvalue weighted by Gasteiger charge is -2.26. The van der Waals surface area contributed by atoms with Crippen molar-refractivity contribution in [3.8, 4) is 0 Å². The van der Waals surface area contributed by atoms with E-state index in [-0.39, 0.29) is 10.5 Å². The molecule has 3 aromatic rings. The molecule has 1 aliphatic heterocycles. The van der Waals surface area contributed by atoms with E-state index in [0.717, 1.165) is 30.2 Å². The molecule has 168 valence electrons. The number of benzene rings is 2. The van der Waals surface area contributed by atoms with Crippen molar-refractivity contribution in [3.05, 3.63) is 65.4 Å². The first-order chi connectivity index (χ1) is 15.3. The van der Waals surface area contributed by atoms with Gasteiger partial charge in [0.25, 0.3) is 11.8 Å². The van der Waals surface area contributed by atoms with Crippen LogP contribution in [0.3, 0.4) is 0 Å². The summed E-state index contributed by atoms with van der Waals surface area (Å²) in [6, 6.07) is 12.0. The number of hydrazine groups is 1. The van der Waals surface area contributed by atoms with E-state index in [9.17, 15) is 18.0 Å². The lowest BCUT2D eigenvalue weighted by Crippen LogP contribution is -2.42. The third-order valence-corrected chi connectivity index (χ3v) is 7.73. The number of rotatable bonds is 4. The molecule has 0 atom stereocenters. The molecule has 0 bridgehead atoms. The molecule has 4 rings (SSSR count). The number of piperidine rings is 1. The number of sulfonamides is 1. The molecule has 2 heterocycles. The van der Waals surface area contributed by atoms with E-state index in [4.69, 9.17) is 0 Å². The zero-order chi connectivity index (χ0) is 22.9. The molecule has 2 N–H and O–H groups in total. The highest BCUT2D eigenvalue weighted by Gasteiger charge is 2.27. The summed E-state index contributed by atoms with van der Waals surface area (Å²) in [6.45, 7) is 2.69. The molecule has 2 amide bonds. The highest BCUT2D eigenvalue weighted by molar-refractivity contribution is 7.89. The third kappa shape index (κ3) is 4.13. The van der Waals surface area contributed by atoms with Gasteiger partial charge in [-0.25, -0.2) is 8.42 Å². The van der Waals surface area contributed by atoms with Gasteiger partial charge in [0, 0.05) is 42.8 Å². The molecule has 8 nitrogen and oxygen atoms in total. The topological polar surface area (TPSA) is 101 Å². The van der Waals surface area contributed by atoms with Crippen molar-refractivity contribution in [3.63, 3.8) is 0 Å². The van der Waals surface area contributed by atoms with E-state index in [1.165, 1.54) is 16.4 Å². The lowest BCUT2D eigenvalue weighted by atomic mass is 10.1. The normalized spacial score (nSPS) is 14.9. The lowest BCUT2D eigenvalue weighted by molar-refractivity contribution is 0.0847. The number of aryl methyl sites for hydroxylation is 2. The summed E-state index contributed by atoms with van der Waals surface area (Å²) in [6.07, 6.45) is 4.38. The average Bonchev–Trinajstić information content (AvgIpc) is 3.15. The minimum Gasteiger partial charge on any atom is -0.350 e. The smallest absolute Gasteiger partial charge is 0.271 e. The maximum Gasteiger partial charge on any atom is 0.271 e. The fourth-order valence-corrected chi connectivity index (χ4v) is 5.58. The number of fused-ring (bicyclic) bond motifs is 1. The van der Waals surface area contributed by atoms with Crippen LogP contribution in [-0.4, -0.2) is 42.2 Å². The highest BCUT2D eigenvalue weighted by atomic mass is 32.2. The van der Waals surface area contributed by atoms with Crippen LogP contribution < -0.4 is 10.9 Å². The van der Waals surface area contributed by atoms with Gasteiger partial charge >= 0.3 is 0 Å². The number of hydrogen-bond donors (Lipinski definition) is 2. The quantitative estimate of drug-likeness (QED) is 0.592. The van der Waals surface area contributed by atoms with Crippen LogP contribution in [0.1, 0.15) is 45.5 Å². The van der Waals surface area contributed by atoms with E-state index in [1.807, 2.05) is 35.9 Å². The number of hydrogen-bond acceptors (Lipinski definition) is 4. The first kappa shape index (κ1) is 22.0. The van der Waals surface area contributed by atoms with Gasteiger partial charge in [-0.2, -0.15) is 4.31 Å². The molecule has 0 spiro atoms. The summed E-state index contributed by atoms with van der Waals surface area (Å²) in [4.78, 5) is 25.5. The number of aromatic nitrogens is 1. The van der Waals surface area contributed by atoms with Gasteiger partial charge in [-0.1, -0.05) is 30.7 Å². The number of carbonyl (C=O) groups excluding carboxylic acids is 2. The van der Waals surface area contributed by atoms with Gasteiger partial charge in [0.15, 0.2) is 0 Å². The maximum atomic E-state index is 13.0. The summed E-state index contributed by atoms with van der Waals surface area (Å²) < 4.78 is 29.2. The summed E-state index contributed by atoms with van der Waals surface area (Å²) >= 11 is 0. The number of amides is 2. The molecule has 0 radical (unpaired) electrons. The van der Waals surface area contributed by atoms with Crippen LogP contribution in [0.15, 0.2) is 53.6 Å². The van der Waals surface area contributed by atoms with Crippen molar-refractivity contribution >= 4 is 32.7 Å². The molecule has 0 saturated carbocycles. The van der Waals surface area contributed by atoms with Crippen molar-refractivity contribution < 1.29 is 18.0 Å². The Kier molecular flexibility index (Phi) is 6.03. The predicted molar refractivity (Wildman–Crippen MR) is 122 cm³/mol. The molecule has 9 heteroatoms. The van der Waals surface area contributed by atoms with E-state index in [0.29, 0.717) is 24.2 Å². The van der Waals surface area contributed by atoms with Gasteiger partial charge < -0.3 is 4.57 Å². The summed E-state index contributed by atoms with van der Waals surface area (Å²) in [5.41, 5.74) is 6.99. The second-order valence-electron chi connectivity index (χ2n) is 8.02. The van der Waals surface area contributed by atoms with Crippen LogP contribution in [0.5, 0.6) is 0 Å². The Morgan fingerprint density at radius 1 is 0.906 bits per heavy atom. The van der Waals surface area contributed by atoms with Gasteiger partial charge in [-0.3, -0.25) is 20.4 Å². The number of nitrogens with zero attached hydrogens (tertiary/aromatic N) is 2. The summed E-state index contributed by atoms with van der Waals surface area (Å²) in [5, 5.41) is 0.771. The molecule has 0 aliphatic carbocycles. The maximum absolute atomic E-state index is 13.0.